The highest BCUT2D eigenvalue weighted by Crippen LogP contribution is 2.47. The summed E-state index contributed by atoms with van der Waals surface area (Å²) < 4.78 is 1.68. The summed E-state index contributed by atoms with van der Waals surface area (Å²) in [7, 11) is 0. The molecule has 3 heterocycles. The standard InChI is InChI=1S/C22H19N3O3S/c1-12-18-19(13-9-10-29-11-13)20-15(6-4-8-17(20)26)23-21(18)25(24-12)16-7-3-2-5-14(16)22(27)28/h2-3,5,7,9-11,19,23H,4,6,8H2,1H3,(H,27,28). The van der Waals surface area contributed by atoms with Crippen molar-refractivity contribution < 1.29 is 14.7 Å². The van der Waals surface area contributed by atoms with Crippen molar-refractivity contribution in [1.29, 1.82) is 0 Å². The first-order valence-corrected chi connectivity index (χ1v) is 10.5. The van der Waals surface area contributed by atoms with Crippen molar-refractivity contribution in [2.75, 3.05) is 5.32 Å². The average Bonchev–Trinajstić information content (AvgIpc) is 3.35. The van der Waals surface area contributed by atoms with E-state index in [-0.39, 0.29) is 17.3 Å². The van der Waals surface area contributed by atoms with Gasteiger partial charge in [-0.05, 0) is 54.3 Å². The van der Waals surface area contributed by atoms with Crippen molar-refractivity contribution in [2.24, 2.45) is 0 Å². The number of benzene rings is 1. The van der Waals surface area contributed by atoms with Crippen LogP contribution in [0.4, 0.5) is 5.82 Å². The fourth-order valence-electron chi connectivity index (χ4n) is 4.41. The first-order valence-electron chi connectivity index (χ1n) is 9.54. The van der Waals surface area contributed by atoms with Gasteiger partial charge in [-0.2, -0.15) is 16.4 Å². The van der Waals surface area contributed by atoms with E-state index in [1.807, 2.05) is 12.3 Å². The summed E-state index contributed by atoms with van der Waals surface area (Å²) in [5.74, 6) is -0.244. The summed E-state index contributed by atoms with van der Waals surface area (Å²) in [6.45, 7) is 1.92. The normalized spacial score (nSPS) is 18.2. The molecule has 2 aliphatic rings. The minimum Gasteiger partial charge on any atom is -0.478 e. The Morgan fingerprint density at radius 3 is 2.86 bits per heavy atom. The number of carbonyl (C=O) groups excluding carboxylic acids is 1. The molecule has 1 atom stereocenters. The van der Waals surface area contributed by atoms with Crippen LogP contribution in [-0.4, -0.2) is 26.6 Å². The van der Waals surface area contributed by atoms with Crippen molar-refractivity contribution in [3.63, 3.8) is 0 Å². The van der Waals surface area contributed by atoms with E-state index in [2.05, 4.69) is 16.8 Å². The number of anilines is 1. The molecule has 146 valence electrons. The van der Waals surface area contributed by atoms with E-state index in [4.69, 9.17) is 5.10 Å². The van der Waals surface area contributed by atoms with Crippen molar-refractivity contribution in [3.05, 3.63) is 74.7 Å². The number of carbonyl (C=O) groups is 2. The number of carboxylic acids is 1. The number of nitrogens with zero attached hydrogens (tertiary/aromatic N) is 2. The zero-order valence-electron chi connectivity index (χ0n) is 15.8. The lowest BCUT2D eigenvalue weighted by molar-refractivity contribution is -0.116. The second kappa shape index (κ2) is 6.70. The predicted molar refractivity (Wildman–Crippen MR) is 111 cm³/mol. The largest absolute Gasteiger partial charge is 0.478 e. The fourth-order valence-corrected chi connectivity index (χ4v) is 5.09. The predicted octanol–water partition coefficient (Wildman–Crippen LogP) is 4.50. The molecule has 1 aliphatic carbocycles. The van der Waals surface area contributed by atoms with E-state index in [1.54, 1.807) is 40.3 Å². The molecule has 0 spiro atoms. The van der Waals surface area contributed by atoms with Gasteiger partial charge in [-0.15, -0.1) is 0 Å². The molecule has 6 nitrogen and oxygen atoms in total. The number of aryl methyl sites for hydroxylation is 1. The monoisotopic (exact) mass is 405 g/mol. The topological polar surface area (TPSA) is 84.2 Å². The van der Waals surface area contributed by atoms with Gasteiger partial charge in [0.15, 0.2) is 5.78 Å². The van der Waals surface area contributed by atoms with Crippen LogP contribution in [0.5, 0.6) is 0 Å². The number of para-hydroxylation sites is 1. The van der Waals surface area contributed by atoms with E-state index in [0.29, 0.717) is 12.1 Å². The number of Topliss-reactive ketones (excluding diaryl/α,β-unsaturated/α-hetero) is 1. The van der Waals surface area contributed by atoms with E-state index in [0.717, 1.165) is 46.8 Å². The zero-order chi connectivity index (χ0) is 20.1. The molecule has 29 heavy (non-hydrogen) atoms. The Hall–Kier alpha value is -3.19. The highest BCUT2D eigenvalue weighted by Gasteiger charge is 2.39. The summed E-state index contributed by atoms with van der Waals surface area (Å²) in [6.07, 6.45) is 2.17. The summed E-state index contributed by atoms with van der Waals surface area (Å²) in [4.78, 5) is 24.7. The second-order valence-corrected chi connectivity index (χ2v) is 8.15. The van der Waals surface area contributed by atoms with Gasteiger partial charge in [-0.25, -0.2) is 9.48 Å². The molecule has 0 bridgehead atoms. The van der Waals surface area contributed by atoms with Crippen LogP contribution in [0.1, 0.15) is 52.4 Å². The maximum atomic E-state index is 12.9. The Labute approximate surface area is 171 Å². The number of aromatic carboxylic acids is 1. The molecule has 2 N–H and O–H groups in total. The van der Waals surface area contributed by atoms with Gasteiger partial charge >= 0.3 is 5.97 Å². The SMILES string of the molecule is Cc1nn(-c2ccccc2C(=O)O)c2c1C(c1ccsc1)C1=C(CCCC1=O)N2. The zero-order valence-corrected chi connectivity index (χ0v) is 16.6. The molecule has 0 radical (unpaired) electrons. The van der Waals surface area contributed by atoms with Crippen molar-refractivity contribution >= 4 is 28.9 Å². The van der Waals surface area contributed by atoms with Gasteiger partial charge in [0.25, 0.3) is 0 Å². The smallest absolute Gasteiger partial charge is 0.337 e. The Morgan fingerprint density at radius 2 is 2.10 bits per heavy atom. The van der Waals surface area contributed by atoms with Crippen LogP contribution in [0.2, 0.25) is 0 Å². The first-order chi connectivity index (χ1) is 14.1. The molecule has 1 unspecified atom stereocenters. The maximum absolute atomic E-state index is 12.9. The Morgan fingerprint density at radius 1 is 1.28 bits per heavy atom. The summed E-state index contributed by atoms with van der Waals surface area (Å²) >= 11 is 1.60. The lowest BCUT2D eigenvalue weighted by Crippen LogP contribution is -2.27. The van der Waals surface area contributed by atoms with E-state index in [1.165, 1.54) is 0 Å². The number of hydrogen-bond donors (Lipinski definition) is 2. The molecule has 1 aromatic carbocycles. The van der Waals surface area contributed by atoms with Crippen LogP contribution < -0.4 is 5.32 Å². The number of allylic oxidation sites excluding steroid dienone is 2. The van der Waals surface area contributed by atoms with Crippen molar-refractivity contribution in [2.45, 2.75) is 32.1 Å². The molecule has 0 saturated carbocycles. The molecule has 5 rings (SSSR count). The van der Waals surface area contributed by atoms with Gasteiger partial charge in [0, 0.05) is 29.2 Å². The number of aromatic nitrogens is 2. The fraction of sp³-hybridized carbons (Fsp3) is 0.227. The Bertz CT molecular complexity index is 1170. The van der Waals surface area contributed by atoms with Crippen LogP contribution >= 0.6 is 11.3 Å². The van der Waals surface area contributed by atoms with E-state index < -0.39 is 5.97 Å². The molecule has 1 aliphatic heterocycles. The minimum atomic E-state index is -1.000. The number of hydrogen-bond acceptors (Lipinski definition) is 5. The molecule has 0 saturated heterocycles. The number of carboxylic acid groups (broad SMARTS) is 1. The van der Waals surface area contributed by atoms with Crippen molar-refractivity contribution in [1.82, 2.24) is 9.78 Å². The molecule has 0 fully saturated rings. The quantitative estimate of drug-likeness (QED) is 0.670. The number of nitrogens with one attached hydrogen (secondary N) is 1. The number of thiophene rings is 1. The third-order valence-corrected chi connectivity index (χ3v) is 6.35. The summed E-state index contributed by atoms with van der Waals surface area (Å²) in [5.41, 5.74) is 5.26. The van der Waals surface area contributed by atoms with Crippen LogP contribution in [0.3, 0.4) is 0 Å². The third-order valence-electron chi connectivity index (χ3n) is 5.65. The lowest BCUT2D eigenvalue weighted by atomic mass is 9.77. The van der Waals surface area contributed by atoms with Crippen LogP contribution in [0.15, 0.2) is 52.4 Å². The van der Waals surface area contributed by atoms with E-state index >= 15 is 0 Å². The number of fused-ring (bicyclic) bond motifs is 1. The van der Waals surface area contributed by atoms with Gasteiger partial charge in [0.1, 0.15) is 5.82 Å². The van der Waals surface area contributed by atoms with Crippen LogP contribution in [0.25, 0.3) is 5.69 Å². The molecule has 2 aromatic heterocycles. The number of rotatable bonds is 3. The summed E-state index contributed by atoms with van der Waals surface area (Å²) in [6, 6.07) is 8.90. The second-order valence-electron chi connectivity index (χ2n) is 7.37. The van der Waals surface area contributed by atoms with Gasteiger partial charge in [-0.1, -0.05) is 12.1 Å². The summed E-state index contributed by atoms with van der Waals surface area (Å²) in [5, 5.41) is 21.9. The highest BCUT2D eigenvalue weighted by atomic mass is 32.1. The molecular weight excluding hydrogens is 386 g/mol. The van der Waals surface area contributed by atoms with Crippen LogP contribution in [0, 0.1) is 6.92 Å². The van der Waals surface area contributed by atoms with Gasteiger partial charge in [0.05, 0.1) is 16.9 Å². The van der Waals surface area contributed by atoms with Gasteiger partial charge < -0.3 is 10.4 Å². The minimum absolute atomic E-state index is 0.175. The van der Waals surface area contributed by atoms with E-state index in [9.17, 15) is 14.7 Å². The molecule has 0 amide bonds. The van der Waals surface area contributed by atoms with Crippen molar-refractivity contribution in [3.8, 4) is 5.69 Å². The molecular formula is C22H19N3O3S. The van der Waals surface area contributed by atoms with Gasteiger partial charge in [0.2, 0.25) is 0 Å². The average molecular weight is 405 g/mol. The lowest BCUT2D eigenvalue weighted by Gasteiger charge is -2.32. The molecule has 7 heteroatoms. The highest BCUT2D eigenvalue weighted by molar-refractivity contribution is 7.08. The van der Waals surface area contributed by atoms with Crippen LogP contribution in [-0.2, 0) is 4.79 Å². The Kier molecular flexibility index (Phi) is 4.13. The third kappa shape index (κ3) is 2.73. The maximum Gasteiger partial charge on any atom is 0.337 e. The van der Waals surface area contributed by atoms with Gasteiger partial charge in [-0.3, -0.25) is 4.79 Å². The Balaban J connectivity index is 1.77. The molecule has 3 aromatic rings. The first kappa shape index (κ1) is 17.9. The number of ketones is 1.